The second kappa shape index (κ2) is 8.93. The van der Waals surface area contributed by atoms with Gasteiger partial charge < -0.3 is 5.32 Å². The molecule has 0 spiro atoms. The highest BCUT2D eigenvalue weighted by Crippen LogP contribution is 2.27. The highest BCUT2D eigenvalue weighted by atomic mass is 32.2. The van der Waals surface area contributed by atoms with Crippen molar-refractivity contribution in [3.63, 3.8) is 0 Å². The monoisotopic (exact) mass is 480 g/mol. The van der Waals surface area contributed by atoms with Crippen LogP contribution >= 0.6 is 11.8 Å². The normalized spacial score (nSPS) is 19.8. The van der Waals surface area contributed by atoms with E-state index in [1.165, 1.54) is 53.6 Å². The number of hydrogen-bond acceptors (Lipinski definition) is 6. The first kappa shape index (κ1) is 22.3. The molecule has 10 heteroatoms. The number of carbonyl (C=O) groups excluding carboxylic acids is 1. The summed E-state index contributed by atoms with van der Waals surface area (Å²) in [5, 5.41) is 2.77. The van der Waals surface area contributed by atoms with Crippen molar-refractivity contribution in [2.75, 3.05) is 22.6 Å². The van der Waals surface area contributed by atoms with Crippen molar-refractivity contribution in [1.29, 1.82) is 0 Å². The molecule has 0 bridgehead atoms. The van der Waals surface area contributed by atoms with Crippen LogP contribution < -0.4 is 10.0 Å². The van der Waals surface area contributed by atoms with E-state index in [9.17, 15) is 21.6 Å². The third-order valence-electron chi connectivity index (χ3n) is 5.44. The van der Waals surface area contributed by atoms with Gasteiger partial charge in [-0.2, -0.15) is 0 Å². The Morgan fingerprint density at radius 1 is 1.06 bits per heavy atom. The molecule has 0 unspecified atom stereocenters. The molecule has 2 aliphatic rings. The van der Waals surface area contributed by atoms with Crippen molar-refractivity contribution < 1.29 is 21.6 Å². The van der Waals surface area contributed by atoms with E-state index < -0.39 is 25.9 Å². The third-order valence-corrected chi connectivity index (χ3v) is 9.74. The number of benzene rings is 2. The summed E-state index contributed by atoms with van der Waals surface area (Å²) in [5.74, 6) is -0.0941. The molecule has 7 nitrogen and oxygen atoms in total. The van der Waals surface area contributed by atoms with Gasteiger partial charge in [0, 0.05) is 16.6 Å². The molecule has 1 atom stereocenters. The molecule has 2 aromatic carbocycles. The zero-order chi connectivity index (χ0) is 22.1. The van der Waals surface area contributed by atoms with Gasteiger partial charge >= 0.3 is 0 Å². The fraction of sp³-hybridized carbons (Fsp3) is 0.381. The highest BCUT2D eigenvalue weighted by molar-refractivity contribution is 8.00. The molecule has 1 amide bonds. The molecule has 0 radical (unpaired) electrons. The number of nitrogens with one attached hydrogen (secondary N) is 2. The molecule has 0 saturated carbocycles. The average Bonchev–Trinajstić information content (AvgIpc) is 3.31. The molecule has 0 aromatic heterocycles. The minimum absolute atomic E-state index is 0.00533. The summed E-state index contributed by atoms with van der Waals surface area (Å²) in [6, 6.07) is 11.6. The van der Waals surface area contributed by atoms with Gasteiger partial charge in [-0.1, -0.05) is 6.07 Å². The maximum absolute atomic E-state index is 12.5. The quantitative estimate of drug-likeness (QED) is 0.589. The largest absolute Gasteiger partial charge is 0.325 e. The van der Waals surface area contributed by atoms with Crippen LogP contribution in [0.15, 0.2) is 52.3 Å². The zero-order valence-corrected chi connectivity index (χ0v) is 19.3. The fourth-order valence-corrected chi connectivity index (χ4v) is 7.69. The summed E-state index contributed by atoms with van der Waals surface area (Å²) in [6.45, 7) is 0. The number of rotatable bonds is 7. The van der Waals surface area contributed by atoms with Crippen molar-refractivity contribution in [3.05, 3.63) is 53.6 Å². The summed E-state index contributed by atoms with van der Waals surface area (Å²) in [6.07, 6.45) is 3.68. The van der Waals surface area contributed by atoms with Gasteiger partial charge in [0.2, 0.25) is 15.9 Å². The Bertz CT molecular complexity index is 1190. The number of amides is 1. The number of thioether (sulfide) groups is 1. The number of anilines is 1. The number of hydrogen-bond donors (Lipinski definition) is 2. The topological polar surface area (TPSA) is 109 Å². The Hall–Kier alpha value is -1.88. The van der Waals surface area contributed by atoms with Crippen molar-refractivity contribution in [1.82, 2.24) is 4.72 Å². The van der Waals surface area contributed by atoms with E-state index >= 15 is 0 Å². The van der Waals surface area contributed by atoms with E-state index in [4.69, 9.17) is 0 Å². The number of fused-ring (bicyclic) bond motifs is 1. The third kappa shape index (κ3) is 5.68. The Morgan fingerprint density at radius 3 is 2.52 bits per heavy atom. The Morgan fingerprint density at radius 2 is 1.81 bits per heavy atom. The second-order valence-corrected chi connectivity index (χ2v) is 12.9. The number of aryl methyl sites for hydroxylation is 2. The molecule has 1 aliphatic carbocycles. The predicted molar refractivity (Wildman–Crippen MR) is 122 cm³/mol. The molecule has 1 fully saturated rings. The van der Waals surface area contributed by atoms with Crippen LogP contribution in [0, 0.1) is 0 Å². The number of sulfone groups is 1. The van der Waals surface area contributed by atoms with Gasteiger partial charge in [-0.05, 0) is 73.2 Å². The van der Waals surface area contributed by atoms with Gasteiger partial charge in [-0.3, -0.25) is 4.79 Å². The van der Waals surface area contributed by atoms with Gasteiger partial charge in [0.15, 0.2) is 9.84 Å². The molecule has 4 rings (SSSR count). The van der Waals surface area contributed by atoms with Gasteiger partial charge in [0.25, 0.3) is 0 Å². The van der Waals surface area contributed by atoms with Crippen molar-refractivity contribution in [2.24, 2.45) is 0 Å². The SMILES string of the molecule is O=C(CSc1ccc2c(c1)CCC2)Nc1ccc(S(=O)(=O)N[C@@H]2CCS(=O)(=O)C2)cc1. The summed E-state index contributed by atoms with van der Waals surface area (Å²) < 4.78 is 50.5. The van der Waals surface area contributed by atoms with Crippen LogP contribution in [-0.2, 0) is 37.5 Å². The Kier molecular flexibility index (Phi) is 6.43. The Balaban J connectivity index is 1.31. The molecule has 2 N–H and O–H groups in total. The van der Waals surface area contributed by atoms with Crippen LogP contribution in [0.1, 0.15) is 24.0 Å². The van der Waals surface area contributed by atoms with E-state index in [0.29, 0.717) is 5.69 Å². The lowest BCUT2D eigenvalue weighted by Crippen LogP contribution is -2.35. The first-order valence-electron chi connectivity index (χ1n) is 10.1. The highest BCUT2D eigenvalue weighted by Gasteiger charge is 2.31. The smallest absolute Gasteiger partial charge is 0.240 e. The maximum atomic E-state index is 12.5. The van der Waals surface area contributed by atoms with Crippen LogP contribution in [-0.4, -0.2) is 46.0 Å². The maximum Gasteiger partial charge on any atom is 0.240 e. The molecule has 1 saturated heterocycles. The standard InChI is InChI=1S/C21H24N2O5S3/c24-21(13-29-19-7-4-15-2-1-3-16(15)12-19)22-17-5-8-20(9-6-17)31(27,28)23-18-10-11-30(25,26)14-18/h4-9,12,18,23H,1-3,10-11,13-14H2,(H,22,24)/t18-/m1/s1. The van der Waals surface area contributed by atoms with Crippen LogP contribution in [0.25, 0.3) is 0 Å². The average molecular weight is 481 g/mol. The number of carbonyl (C=O) groups is 1. The fourth-order valence-electron chi connectivity index (χ4n) is 3.88. The molecule has 1 aliphatic heterocycles. The second-order valence-electron chi connectivity index (χ2n) is 7.87. The minimum atomic E-state index is -3.82. The van der Waals surface area contributed by atoms with Gasteiger partial charge in [0.05, 0.1) is 22.2 Å². The minimum Gasteiger partial charge on any atom is -0.325 e. The first-order chi connectivity index (χ1) is 14.7. The van der Waals surface area contributed by atoms with Crippen LogP contribution in [0.4, 0.5) is 5.69 Å². The van der Waals surface area contributed by atoms with Crippen molar-refractivity contribution in [3.8, 4) is 0 Å². The van der Waals surface area contributed by atoms with Crippen LogP contribution in [0.5, 0.6) is 0 Å². The van der Waals surface area contributed by atoms with Crippen molar-refractivity contribution >= 4 is 43.2 Å². The number of sulfonamides is 1. The summed E-state index contributed by atoms with van der Waals surface area (Å²) in [4.78, 5) is 13.4. The lowest BCUT2D eigenvalue weighted by molar-refractivity contribution is -0.113. The molecular formula is C21H24N2O5S3. The molecule has 31 heavy (non-hydrogen) atoms. The van der Waals surface area contributed by atoms with E-state index in [2.05, 4.69) is 22.2 Å². The van der Waals surface area contributed by atoms with E-state index in [1.54, 1.807) is 0 Å². The van der Waals surface area contributed by atoms with Crippen LogP contribution in [0.3, 0.4) is 0 Å². The molecular weight excluding hydrogens is 456 g/mol. The van der Waals surface area contributed by atoms with E-state index in [-0.39, 0.29) is 34.5 Å². The lowest BCUT2D eigenvalue weighted by Gasteiger charge is -2.12. The summed E-state index contributed by atoms with van der Waals surface area (Å²) >= 11 is 1.47. The van der Waals surface area contributed by atoms with Gasteiger partial charge in [0.1, 0.15) is 0 Å². The molecule has 2 aromatic rings. The lowest BCUT2D eigenvalue weighted by atomic mass is 10.1. The van der Waals surface area contributed by atoms with Gasteiger partial charge in [-0.25, -0.2) is 21.6 Å². The van der Waals surface area contributed by atoms with Crippen molar-refractivity contribution in [2.45, 2.75) is 41.5 Å². The zero-order valence-electron chi connectivity index (χ0n) is 16.8. The van der Waals surface area contributed by atoms with E-state index in [1.807, 2.05) is 6.07 Å². The van der Waals surface area contributed by atoms with Crippen LogP contribution in [0.2, 0.25) is 0 Å². The Labute approximate surface area is 187 Å². The first-order valence-corrected chi connectivity index (χ1v) is 14.4. The summed E-state index contributed by atoms with van der Waals surface area (Å²) in [7, 11) is -7.00. The van der Waals surface area contributed by atoms with E-state index in [0.717, 1.165) is 17.7 Å². The molecule has 1 heterocycles. The van der Waals surface area contributed by atoms with Gasteiger partial charge in [-0.15, -0.1) is 11.8 Å². The summed E-state index contributed by atoms with van der Waals surface area (Å²) in [5.41, 5.74) is 3.26. The predicted octanol–water partition coefficient (Wildman–Crippen LogP) is 2.37. The molecule has 166 valence electrons.